The number of nitrogens with one attached hydrogen (secondary N) is 1. The number of benzene rings is 2. The summed E-state index contributed by atoms with van der Waals surface area (Å²) in [5, 5.41) is 3.00. The number of anilines is 1. The molecule has 2 aromatic carbocycles. The summed E-state index contributed by atoms with van der Waals surface area (Å²) in [5.41, 5.74) is 2.76. The number of amides is 2. The molecular weight excluding hydrogens is 412 g/mol. The van der Waals surface area contributed by atoms with Gasteiger partial charge in [-0.3, -0.25) is 9.59 Å². The Kier molecular flexibility index (Phi) is 7.35. The van der Waals surface area contributed by atoms with Gasteiger partial charge in [0.25, 0.3) is 5.91 Å². The highest BCUT2D eigenvalue weighted by atomic mass is 16.2. The normalized spacial score (nSPS) is 14.6. The zero-order chi connectivity index (χ0) is 23.0. The van der Waals surface area contributed by atoms with Gasteiger partial charge in [-0.2, -0.15) is 0 Å². The van der Waals surface area contributed by atoms with E-state index in [1.807, 2.05) is 77.7 Å². The first-order chi connectivity index (χ1) is 16.1. The van der Waals surface area contributed by atoms with Crippen molar-refractivity contribution >= 4 is 17.6 Å². The summed E-state index contributed by atoms with van der Waals surface area (Å²) in [6, 6.07) is 22.6. The van der Waals surface area contributed by atoms with Gasteiger partial charge in [-0.1, -0.05) is 55.5 Å². The van der Waals surface area contributed by atoms with Crippen molar-refractivity contribution in [2.24, 2.45) is 0 Å². The lowest BCUT2D eigenvalue weighted by Crippen LogP contribution is -2.55. The molecule has 1 aromatic heterocycles. The van der Waals surface area contributed by atoms with Crippen LogP contribution in [0.4, 0.5) is 5.82 Å². The largest absolute Gasteiger partial charge is 0.353 e. The minimum atomic E-state index is -0.618. The van der Waals surface area contributed by atoms with E-state index in [2.05, 4.69) is 22.1 Å². The van der Waals surface area contributed by atoms with Gasteiger partial charge in [0.15, 0.2) is 0 Å². The standard InChI is InChI=1S/C27H30N4O2/c1-2-21-11-13-23(14-12-21)26(32)29-24(20-22-8-4-3-5-9-22)27(33)31-18-16-30(17-19-31)25-10-6-7-15-28-25/h3-15,24H,2,16-20H2,1H3,(H,29,32)/t24-/m0/s1. The number of aromatic nitrogens is 1. The molecule has 0 saturated carbocycles. The zero-order valence-corrected chi connectivity index (χ0v) is 19.0. The highest BCUT2D eigenvalue weighted by molar-refractivity contribution is 5.97. The summed E-state index contributed by atoms with van der Waals surface area (Å²) in [4.78, 5) is 34.9. The lowest BCUT2D eigenvalue weighted by molar-refractivity contribution is -0.133. The van der Waals surface area contributed by atoms with Crippen molar-refractivity contribution in [3.63, 3.8) is 0 Å². The molecule has 6 heteroatoms. The minimum absolute atomic E-state index is 0.0435. The Balaban J connectivity index is 1.45. The van der Waals surface area contributed by atoms with Crippen LogP contribution in [0.25, 0.3) is 0 Å². The zero-order valence-electron chi connectivity index (χ0n) is 19.0. The number of piperazine rings is 1. The molecule has 3 aromatic rings. The number of pyridine rings is 1. The minimum Gasteiger partial charge on any atom is -0.353 e. The Labute approximate surface area is 195 Å². The van der Waals surface area contributed by atoms with Crippen LogP contribution in [0, 0.1) is 0 Å². The highest BCUT2D eigenvalue weighted by Gasteiger charge is 2.29. The first-order valence-corrected chi connectivity index (χ1v) is 11.5. The molecule has 0 unspecified atom stereocenters. The fourth-order valence-corrected chi connectivity index (χ4v) is 4.10. The fraction of sp³-hybridized carbons (Fsp3) is 0.296. The molecule has 4 rings (SSSR count). The van der Waals surface area contributed by atoms with Gasteiger partial charge in [0.05, 0.1) is 0 Å². The van der Waals surface area contributed by atoms with Gasteiger partial charge in [0.1, 0.15) is 11.9 Å². The van der Waals surface area contributed by atoms with E-state index in [0.717, 1.165) is 17.8 Å². The first-order valence-electron chi connectivity index (χ1n) is 11.5. The molecule has 0 radical (unpaired) electrons. The molecule has 1 atom stereocenters. The monoisotopic (exact) mass is 442 g/mol. The second-order valence-electron chi connectivity index (χ2n) is 8.27. The van der Waals surface area contributed by atoms with E-state index in [-0.39, 0.29) is 11.8 Å². The van der Waals surface area contributed by atoms with E-state index in [4.69, 9.17) is 0 Å². The van der Waals surface area contributed by atoms with Crippen LogP contribution in [-0.2, 0) is 17.6 Å². The smallest absolute Gasteiger partial charge is 0.251 e. The Bertz CT molecular complexity index is 1050. The number of hydrogen-bond donors (Lipinski definition) is 1. The summed E-state index contributed by atoms with van der Waals surface area (Å²) in [5.74, 6) is 0.659. The third kappa shape index (κ3) is 5.77. The van der Waals surface area contributed by atoms with Crippen LogP contribution in [0.1, 0.15) is 28.4 Å². The molecule has 1 aliphatic rings. The number of aryl methyl sites for hydroxylation is 1. The van der Waals surface area contributed by atoms with Crippen LogP contribution >= 0.6 is 0 Å². The van der Waals surface area contributed by atoms with E-state index in [1.54, 1.807) is 6.20 Å². The Hall–Kier alpha value is -3.67. The summed E-state index contributed by atoms with van der Waals surface area (Å²) < 4.78 is 0. The van der Waals surface area contributed by atoms with Crippen molar-refractivity contribution in [2.45, 2.75) is 25.8 Å². The van der Waals surface area contributed by atoms with Crippen LogP contribution in [0.3, 0.4) is 0 Å². The van der Waals surface area contributed by atoms with Crippen molar-refractivity contribution in [3.8, 4) is 0 Å². The molecule has 6 nitrogen and oxygen atoms in total. The molecule has 1 aliphatic heterocycles. The van der Waals surface area contributed by atoms with Crippen LogP contribution in [0.15, 0.2) is 79.0 Å². The van der Waals surface area contributed by atoms with Crippen molar-refractivity contribution in [1.29, 1.82) is 0 Å². The van der Waals surface area contributed by atoms with E-state index in [1.165, 1.54) is 5.56 Å². The van der Waals surface area contributed by atoms with Crippen molar-refractivity contribution in [3.05, 3.63) is 95.7 Å². The second kappa shape index (κ2) is 10.8. The SMILES string of the molecule is CCc1ccc(C(=O)N[C@@H](Cc2ccccc2)C(=O)N2CCN(c3ccccn3)CC2)cc1. The predicted octanol–water partition coefficient (Wildman–Crippen LogP) is 3.33. The fourth-order valence-electron chi connectivity index (χ4n) is 4.10. The summed E-state index contributed by atoms with van der Waals surface area (Å²) in [6.45, 7) is 4.71. The van der Waals surface area contributed by atoms with Gasteiger partial charge in [0.2, 0.25) is 5.91 Å². The van der Waals surface area contributed by atoms with Gasteiger partial charge < -0.3 is 15.1 Å². The third-order valence-electron chi connectivity index (χ3n) is 6.08. The molecule has 0 bridgehead atoms. The van der Waals surface area contributed by atoms with Gasteiger partial charge in [-0.25, -0.2) is 4.98 Å². The average Bonchev–Trinajstić information content (AvgIpc) is 2.89. The van der Waals surface area contributed by atoms with Crippen molar-refractivity contribution in [2.75, 3.05) is 31.1 Å². The molecule has 1 fully saturated rings. The van der Waals surface area contributed by atoms with E-state index in [0.29, 0.717) is 38.2 Å². The lowest BCUT2D eigenvalue weighted by atomic mass is 10.0. The van der Waals surface area contributed by atoms with E-state index >= 15 is 0 Å². The quantitative estimate of drug-likeness (QED) is 0.610. The Morgan fingerprint density at radius 2 is 1.58 bits per heavy atom. The molecule has 2 heterocycles. The molecule has 1 N–H and O–H groups in total. The van der Waals surface area contributed by atoms with Gasteiger partial charge in [0, 0.05) is 44.4 Å². The van der Waals surface area contributed by atoms with Crippen LogP contribution < -0.4 is 10.2 Å². The highest BCUT2D eigenvalue weighted by Crippen LogP contribution is 2.15. The second-order valence-corrected chi connectivity index (χ2v) is 8.27. The van der Waals surface area contributed by atoms with Crippen molar-refractivity contribution < 1.29 is 9.59 Å². The molecular formula is C27H30N4O2. The predicted molar refractivity (Wildman–Crippen MR) is 130 cm³/mol. The van der Waals surface area contributed by atoms with Gasteiger partial charge >= 0.3 is 0 Å². The van der Waals surface area contributed by atoms with E-state index < -0.39 is 6.04 Å². The average molecular weight is 443 g/mol. The van der Waals surface area contributed by atoms with Gasteiger partial charge in [-0.05, 0) is 41.8 Å². The Morgan fingerprint density at radius 3 is 2.21 bits per heavy atom. The van der Waals surface area contributed by atoms with Crippen molar-refractivity contribution in [1.82, 2.24) is 15.2 Å². The summed E-state index contributed by atoms with van der Waals surface area (Å²) in [7, 11) is 0. The maximum atomic E-state index is 13.5. The maximum Gasteiger partial charge on any atom is 0.251 e. The van der Waals surface area contributed by atoms with Crippen LogP contribution in [-0.4, -0.2) is 53.9 Å². The van der Waals surface area contributed by atoms with Crippen LogP contribution in [0.5, 0.6) is 0 Å². The number of carbonyl (C=O) groups is 2. The summed E-state index contributed by atoms with van der Waals surface area (Å²) in [6.07, 6.45) is 3.16. The van der Waals surface area contributed by atoms with E-state index in [9.17, 15) is 9.59 Å². The molecule has 33 heavy (non-hydrogen) atoms. The Morgan fingerprint density at radius 1 is 0.879 bits per heavy atom. The number of hydrogen-bond acceptors (Lipinski definition) is 4. The molecule has 0 aliphatic carbocycles. The topological polar surface area (TPSA) is 65.5 Å². The molecule has 0 spiro atoms. The molecule has 1 saturated heterocycles. The number of carbonyl (C=O) groups excluding carboxylic acids is 2. The number of rotatable bonds is 7. The maximum absolute atomic E-state index is 13.5. The third-order valence-corrected chi connectivity index (χ3v) is 6.08. The van der Waals surface area contributed by atoms with Gasteiger partial charge in [-0.15, -0.1) is 0 Å². The first kappa shape index (κ1) is 22.5. The van der Waals surface area contributed by atoms with Crippen LogP contribution in [0.2, 0.25) is 0 Å². The number of nitrogens with zero attached hydrogens (tertiary/aromatic N) is 3. The summed E-state index contributed by atoms with van der Waals surface area (Å²) >= 11 is 0. The molecule has 170 valence electrons. The lowest BCUT2D eigenvalue weighted by Gasteiger charge is -2.37. The molecule has 2 amide bonds.